The minimum absolute atomic E-state index is 0.739. The minimum Gasteiger partial charge on any atom is -0.353 e. The van der Waals surface area contributed by atoms with E-state index in [1.165, 1.54) is 31.4 Å². The minimum atomic E-state index is 0.739. The summed E-state index contributed by atoms with van der Waals surface area (Å²) in [5.74, 6) is 0.907. The fraction of sp³-hybridized carbons (Fsp3) is 0.692. The third-order valence-electron chi connectivity index (χ3n) is 3.56. The van der Waals surface area contributed by atoms with Gasteiger partial charge in [0.25, 0.3) is 0 Å². The van der Waals surface area contributed by atoms with Crippen molar-refractivity contribution in [2.75, 3.05) is 0 Å². The van der Waals surface area contributed by atoms with Gasteiger partial charge in [-0.1, -0.05) is 19.8 Å². The van der Waals surface area contributed by atoms with Crippen LogP contribution >= 0.6 is 0 Å². The Morgan fingerprint density at radius 2 is 2.33 bits per heavy atom. The topological polar surface area (TPSA) is 17.0 Å². The summed E-state index contributed by atoms with van der Waals surface area (Å²) in [6.45, 7) is 3.39. The average molecular weight is 206 g/mol. The molecule has 0 aromatic carbocycles. The highest BCUT2D eigenvalue weighted by Crippen LogP contribution is 2.23. The summed E-state index contributed by atoms with van der Waals surface area (Å²) < 4.78 is 2.19. The van der Waals surface area contributed by atoms with Gasteiger partial charge in [-0.2, -0.15) is 0 Å². The summed E-state index contributed by atoms with van der Waals surface area (Å²) in [6.07, 6.45) is 7.63. The van der Waals surface area contributed by atoms with Crippen LogP contribution in [-0.2, 0) is 13.6 Å². The Labute approximate surface area is 92.7 Å². The average Bonchev–Trinajstić information content (AvgIpc) is 2.61. The molecular weight excluding hydrogens is 184 g/mol. The molecule has 1 N–H and O–H groups in total. The van der Waals surface area contributed by atoms with Crippen molar-refractivity contribution in [3.63, 3.8) is 0 Å². The van der Waals surface area contributed by atoms with Crippen LogP contribution in [0.5, 0.6) is 0 Å². The van der Waals surface area contributed by atoms with Gasteiger partial charge in [-0.15, -0.1) is 0 Å². The zero-order valence-corrected chi connectivity index (χ0v) is 9.87. The first-order valence-electron chi connectivity index (χ1n) is 6.09. The number of aromatic nitrogens is 1. The molecule has 0 bridgehead atoms. The van der Waals surface area contributed by atoms with Crippen molar-refractivity contribution in [3.05, 3.63) is 24.0 Å². The van der Waals surface area contributed by atoms with Crippen molar-refractivity contribution in [1.82, 2.24) is 9.88 Å². The van der Waals surface area contributed by atoms with Crippen LogP contribution in [0.15, 0.2) is 18.3 Å². The van der Waals surface area contributed by atoms with E-state index in [2.05, 4.69) is 42.2 Å². The molecule has 1 aromatic rings. The number of aryl methyl sites for hydroxylation is 1. The van der Waals surface area contributed by atoms with Gasteiger partial charge in [-0.3, -0.25) is 0 Å². The smallest absolute Gasteiger partial charge is 0.0361 e. The van der Waals surface area contributed by atoms with E-state index in [1.807, 2.05) is 0 Å². The third-order valence-corrected chi connectivity index (χ3v) is 3.56. The maximum Gasteiger partial charge on any atom is 0.0361 e. The van der Waals surface area contributed by atoms with Crippen LogP contribution in [0.1, 0.15) is 38.3 Å². The van der Waals surface area contributed by atoms with E-state index in [4.69, 9.17) is 0 Å². The molecule has 0 aliphatic heterocycles. The molecule has 0 radical (unpaired) electrons. The fourth-order valence-electron chi connectivity index (χ4n) is 2.55. The molecule has 84 valence electrons. The first-order chi connectivity index (χ1) is 7.25. The van der Waals surface area contributed by atoms with Gasteiger partial charge in [0, 0.05) is 31.5 Å². The third kappa shape index (κ3) is 2.85. The molecule has 1 fully saturated rings. The zero-order chi connectivity index (χ0) is 10.7. The van der Waals surface area contributed by atoms with E-state index < -0.39 is 0 Å². The fourth-order valence-corrected chi connectivity index (χ4v) is 2.55. The summed E-state index contributed by atoms with van der Waals surface area (Å²) in [7, 11) is 2.11. The molecular formula is C13H22N2. The molecule has 1 aromatic heterocycles. The molecule has 2 unspecified atom stereocenters. The number of nitrogens with zero attached hydrogens (tertiary/aromatic N) is 1. The van der Waals surface area contributed by atoms with E-state index in [9.17, 15) is 0 Å². The Morgan fingerprint density at radius 1 is 1.47 bits per heavy atom. The van der Waals surface area contributed by atoms with Gasteiger partial charge in [0.15, 0.2) is 0 Å². The monoisotopic (exact) mass is 206 g/mol. The predicted octanol–water partition coefficient (Wildman–Crippen LogP) is 2.69. The number of hydrogen-bond acceptors (Lipinski definition) is 1. The van der Waals surface area contributed by atoms with Gasteiger partial charge in [-0.05, 0) is 30.9 Å². The first kappa shape index (κ1) is 10.7. The second kappa shape index (κ2) is 4.84. The largest absolute Gasteiger partial charge is 0.353 e. The lowest BCUT2D eigenvalue weighted by molar-refractivity contribution is 0.299. The van der Waals surface area contributed by atoms with Gasteiger partial charge in [0.05, 0.1) is 0 Å². The lowest BCUT2D eigenvalue weighted by Crippen LogP contribution is -2.33. The Bertz CT molecular complexity index is 303. The lowest BCUT2D eigenvalue weighted by atomic mass is 9.87. The van der Waals surface area contributed by atoms with Gasteiger partial charge in [-0.25, -0.2) is 0 Å². The SMILES string of the molecule is CC1CCCC(NCc2cccn2C)C1. The number of rotatable bonds is 3. The summed E-state index contributed by atoms with van der Waals surface area (Å²) in [5, 5.41) is 3.67. The maximum absolute atomic E-state index is 3.67. The maximum atomic E-state index is 3.67. The van der Waals surface area contributed by atoms with E-state index in [-0.39, 0.29) is 0 Å². The Balaban J connectivity index is 1.80. The van der Waals surface area contributed by atoms with Crippen LogP contribution in [0.4, 0.5) is 0 Å². The summed E-state index contributed by atoms with van der Waals surface area (Å²) in [4.78, 5) is 0. The Morgan fingerprint density at radius 3 is 3.00 bits per heavy atom. The van der Waals surface area contributed by atoms with Crippen LogP contribution in [-0.4, -0.2) is 10.6 Å². The first-order valence-corrected chi connectivity index (χ1v) is 6.09. The summed E-state index contributed by atoms with van der Waals surface area (Å²) in [6, 6.07) is 5.04. The molecule has 1 saturated carbocycles. The zero-order valence-electron chi connectivity index (χ0n) is 9.87. The number of nitrogens with one attached hydrogen (secondary N) is 1. The standard InChI is InChI=1S/C13H22N2/c1-11-5-3-6-12(9-11)14-10-13-7-4-8-15(13)2/h4,7-8,11-12,14H,3,5-6,9-10H2,1-2H3. The van der Waals surface area contributed by atoms with Crippen molar-refractivity contribution in [2.24, 2.45) is 13.0 Å². The van der Waals surface area contributed by atoms with Crippen molar-refractivity contribution in [1.29, 1.82) is 0 Å². The van der Waals surface area contributed by atoms with Crippen molar-refractivity contribution >= 4 is 0 Å². The van der Waals surface area contributed by atoms with E-state index in [1.54, 1.807) is 0 Å². The van der Waals surface area contributed by atoms with Gasteiger partial charge in [0.1, 0.15) is 0 Å². The molecule has 1 aliphatic carbocycles. The predicted molar refractivity (Wildman–Crippen MR) is 63.7 cm³/mol. The van der Waals surface area contributed by atoms with Crippen LogP contribution in [0.3, 0.4) is 0 Å². The van der Waals surface area contributed by atoms with Crippen LogP contribution in [0, 0.1) is 5.92 Å². The van der Waals surface area contributed by atoms with Gasteiger partial charge < -0.3 is 9.88 Å². The second-order valence-corrected chi connectivity index (χ2v) is 4.96. The van der Waals surface area contributed by atoms with Crippen LogP contribution in [0.2, 0.25) is 0 Å². The van der Waals surface area contributed by atoms with Crippen molar-refractivity contribution in [2.45, 2.75) is 45.2 Å². The molecule has 0 spiro atoms. The molecule has 1 heterocycles. The molecule has 0 saturated heterocycles. The lowest BCUT2D eigenvalue weighted by Gasteiger charge is -2.27. The highest BCUT2D eigenvalue weighted by Gasteiger charge is 2.18. The molecule has 2 nitrogen and oxygen atoms in total. The molecule has 1 aliphatic rings. The van der Waals surface area contributed by atoms with E-state index in [0.717, 1.165) is 18.5 Å². The van der Waals surface area contributed by atoms with Crippen molar-refractivity contribution < 1.29 is 0 Å². The summed E-state index contributed by atoms with van der Waals surface area (Å²) in [5.41, 5.74) is 1.38. The molecule has 0 amide bonds. The molecule has 15 heavy (non-hydrogen) atoms. The molecule has 2 rings (SSSR count). The van der Waals surface area contributed by atoms with Crippen LogP contribution in [0.25, 0.3) is 0 Å². The van der Waals surface area contributed by atoms with Gasteiger partial charge in [0.2, 0.25) is 0 Å². The van der Waals surface area contributed by atoms with Crippen molar-refractivity contribution in [3.8, 4) is 0 Å². The highest BCUT2D eigenvalue weighted by molar-refractivity contribution is 5.06. The van der Waals surface area contributed by atoms with E-state index >= 15 is 0 Å². The Hall–Kier alpha value is -0.760. The summed E-state index contributed by atoms with van der Waals surface area (Å²) >= 11 is 0. The van der Waals surface area contributed by atoms with E-state index in [0.29, 0.717) is 0 Å². The van der Waals surface area contributed by atoms with Gasteiger partial charge >= 0.3 is 0 Å². The number of hydrogen-bond donors (Lipinski definition) is 1. The Kier molecular flexibility index (Phi) is 3.47. The molecule has 2 heteroatoms. The second-order valence-electron chi connectivity index (χ2n) is 4.96. The quantitative estimate of drug-likeness (QED) is 0.804. The normalized spacial score (nSPS) is 26.8. The molecule has 2 atom stereocenters. The highest BCUT2D eigenvalue weighted by atomic mass is 15.0. The van der Waals surface area contributed by atoms with Crippen LogP contribution < -0.4 is 5.32 Å².